The molecule has 0 aliphatic heterocycles. The number of fused-ring (bicyclic) bond motifs is 3. The highest BCUT2D eigenvalue weighted by atomic mass is 31.2. The lowest BCUT2D eigenvalue weighted by Gasteiger charge is -2.26. The van der Waals surface area contributed by atoms with Gasteiger partial charge in [-0.05, 0) is 70.7 Å². The van der Waals surface area contributed by atoms with Crippen LogP contribution < -0.4 is 5.32 Å². The number of alkyl carbamates (subject to hydrolysis) is 1. The fourth-order valence-corrected chi connectivity index (χ4v) is 5.32. The first kappa shape index (κ1) is 35.7. The molecule has 0 radical (unpaired) electrons. The standard InChI is InChI=1S/C31H40NO12P/c1-19(44-45(38,42-17-40-27(35)30(2,3)4)43-18-41-28(36)31(5,6)7)25(26(33)34)32-29(37)39-16-24-22-14-10-8-12-20(22)21-13-9-11-15-23(21)24/h8-15,19,24-25H,16-18H2,1-7H3,(H,32,37)(H,33,34)/t19-,25+/m1/s1. The molecule has 14 heteroatoms. The molecule has 0 fully saturated rings. The van der Waals surface area contributed by atoms with Crippen LogP contribution in [0.3, 0.4) is 0 Å². The summed E-state index contributed by atoms with van der Waals surface area (Å²) in [5.74, 6) is -3.20. The molecule has 0 spiro atoms. The van der Waals surface area contributed by atoms with Crippen molar-refractivity contribution in [3.8, 4) is 11.1 Å². The molecule has 1 aliphatic rings. The summed E-state index contributed by atoms with van der Waals surface area (Å²) in [4.78, 5) is 49.1. The van der Waals surface area contributed by atoms with Crippen LogP contribution in [0.1, 0.15) is 65.5 Å². The van der Waals surface area contributed by atoms with E-state index in [0.717, 1.165) is 22.3 Å². The van der Waals surface area contributed by atoms with Crippen LogP contribution in [0.2, 0.25) is 0 Å². The Hall–Kier alpha value is -3.77. The number of phosphoric ester groups is 1. The first-order valence-electron chi connectivity index (χ1n) is 14.2. The van der Waals surface area contributed by atoms with E-state index in [1.165, 1.54) is 6.92 Å². The van der Waals surface area contributed by atoms with Crippen molar-refractivity contribution in [1.29, 1.82) is 0 Å². The van der Waals surface area contributed by atoms with E-state index >= 15 is 0 Å². The van der Waals surface area contributed by atoms with Gasteiger partial charge in [0.2, 0.25) is 13.6 Å². The smallest absolute Gasteiger partial charge is 0.480 e. The highest BCUT2D eigenvalue weighted by Gasteiger charge is 2.39. The molecule has 1 amide bonds. The SMILES string of the molecule is C[C@@H](OP(=O)(OCOC(=O)C(C)(C)C)OCOC(=O)C(C)(C)C)[C@H](NC(=O)OCC1c2ccccc2-c2ccccc21)C(=O)O. The Kier molecular flexibility index (Phi) is 11.5. The number of ether oxygens (including phenoxy) is 3. The number of nitrogens with one attached hydrogen (secondary N) is 1. The predicted molar refractivity (Wildman–Crippen MR) is 161 cm³/mol. The predicted octanol–water partition coefficient (Wildman–Crippen LogP) is 5.62. The van der Waals surface area contributed by atoms with Crippen molar-refractivity contribution in [2.24, 2.45) is 10.8 Å². The first-order chi connectivity index (χ1) is 20.9. The number of esters is 2. The second-order valence-electron chi connectivity index (χ2n) is 12.4. The zero-order valence-corrected chi connectivity index (χ0v) is 27.3. The third kappa shape index (κ3) is 9.61. The Balaban J connectivity index is 1.67. The molecule has 0 heterocycles. The third-order valence-electron chi connectivity index (χ3n) is 6.67. The second kappa shape index (κ2) is 14.6. The minimum Gasteiger partial charge on any atom is -0.480 e. The van der Waals surface area contributed by atoms with E-state index in [4.69, 9.17) is 27.8 Å². The van der Waals surface area contributed by atoms with E-state index in [-0.39, 0.29) is 12.5 Å². The fraction of sp³-hybridized carbons (Fsp3) is 0.484. The van der Waals surface area contributed by atoms with Crippen molar-refractivity contribution in [2.45, 2.75) is 66.5 Å². The maximum absolute atomic E-state index is 13.4. The van der Waals surface area contributed by atoms with Crippen LogP contribution in [0.15, 0.2) is 48.5 Å². The number of phosphoric acid groups is 1. The van der Waals surface area contributed by atoms with Crippen LogP contribution in [0.5, 0.6) is 0 Å². The number of rotatable bonds is 13. The number of hydrogen-bond acceptors (Lipinski definition) is 11. The molecule has 2 aromatic rings. The van der Waals surface area contributed by atoms with E-state index in [9.17, 15) is 28.8 Å². The molecule has 0 saturated heterocycles. The Morgan fingerprint density at radius 2 is 1.24 bits per heavy atom. The number of carboxylic acid groups (broad SMARTS) is 1. The van der Waals surface area contributed by atoms with Crippen LogP contribution in [0.25, 0.3) is 11.1 Å². The zero-order chi connectivity index (χ0) is 33.6. The van der Waals surface area contributed by atoms with Crippen LogP contribution in [0.4, 0.5) is 4.79 Å². The van der Waals surface area contributed by atoms with Crippen molar-refractivity contribution in [3.05, 3.63) is 59.7 Å². The molecule has 0 aromatic heterocycles. The third-order valence-corrected chi connectivity index (χ3v) is 8.11. The molecule has 2 atom stereocenters. The average molecular weight is 650 g/mol. The molecule has 246 valence electrons. The Morgan fingerprint density at radius 3 is 1.67 bits per heavy atom. The summed E-state index contributed by atoms with van der Waals surface area (Å²) < 4.78 is 44.3. The maximum Gasteiger partial charge on any atom is 0.481 e. The Bertz CT molecular complexity index is 1360. The largest absolute Gasteiger partial charge is 0.481 e. The van der Waals surface area contributed by atoms with E-state index in [1.807, 2.05) is 48.5 Å². The van der Waals surface area contributed by atoms with Crippen LogP contribution >= 0.6 is 7.82 Å². The maximum atomic E-state index is 13.4. The number of aliphatic carboxylic acids is 1. The van der Waals surface area contributed by atoms with E-state index < -0.39 is 68.4 Å². The Morgan fingerprint density at radius 1 is 0.800 bits per heavy atom. The number of amides is 1. The van der Waals surface area contributed by atoms with Gasteiger partial charge in [0.1, 0.15) is 6.61 Å². The topological polar surface area (TPSA) is 173 Å². The monoisotopic (exact) mass is 649 g/mol. The molecule has 0 unspecified atom stereocenters. The molecule has 3 rings (SSSR count). The highest BCUT2D eigenvalue weighted by molar-refractivity contribution is 7.48. The minimum absolute atomic E-state index is 0.0789. The quantitative estimate of drug-likeness (QED) is 0.119. The van der Waals surface area contributed by atoms with Crippen LogP contribution in [0, 0.1) is 10.8 Å². The summed E-state index contributed by atoms with van der Waals surface area (Å²) in [6.07, 6.45) is -2.60. The van der Waals surface area contributed by atoms with Gasteiger partial charge in [-0.2, -0.15) is 0 Å². The summed E-state index contributed by atoms with van der Waals surface area (Å²) in [6, 6.07) is 13.6. The molecule has 0 saturated carbocycles. The van der Waals surface area contributed by atoms with Gasteiger partial charge in [0.25, 0.3) is 0 Å². The summed E-state index contributed by atoms with van der Waals surface area (Å²) in [6.45, 7) is 8.87. The second-order valence-corrected chi connectivity index (χ2v) is 14.0. The molecule has 0 bridgehead atoms. The van der Waals surface area contributed by atoms with Gasteiger partial charge in [0.15, 0.2) is 6.04 Å². The lowest BCUT2D eigenvalue weighted by atomic mass is 9.98. The van der Waals surface area contributed by atoms with Crippen molar-refractivity contribution in [3.63, 3.8) is 0 Å². The zero-order valence-electron chi connectivity index (χ0n) is 26.4. The van der Waals surface area contributed by atoms with Gasteiger partial charge in [0.05, 0.1) is 16.9 Å². The number of benzene rings is 2. The van der Waals surface area contributed by atoms with E-state index in [2.05, 4.69) is 5.32 Å². The van der Waals surface area contributed by atoms with E-state index in [0.29, 0.717) is 0 Å². The lowest BCUT2D eigenvalue weighted by molar-refractivity contribution is -0.163. The lowest BCUT2D eigenvalue weighted by Crippen LogP contribution is -2.48. The summed E-state index contributed by atoms with van der Waals surface area (Å²) in [7, 11) is -4.75. The van der Waals surface area contributed by atoms with Gasteiger partial charge in [-0.25, -0.2) is 23.2 Å². The van der Waals surface area contributed by atoms with Crippen molar-refractivity contribution >= 4 is 31.8 Å². The molecule has 45 heavy (non-hydrogen) atoms. The molecular formula is C31H40NO12P. The number of hydrogen-bond donors (Lipinski definition) is 2. The number of carbonyl (C=O) groups excluding carboxylic acids is 3. The minimum atomic E-state index is -4.75. The normalized spacial score (nSPS) is 14.5. The summed E-state index contributed by atoms with van der Waals surface area (Å²) >= 11 is 0. The van der Waals surface area contributed by atoms with Crippen molar-refractivity contribution in [1.82, 2.24) is 5.32 Å². The molecule has 13 nitrogen and oxygen atoms in total. The molecule has 2 N–H and O–H groups in total. The molecule has 2 aromatic carbocycles. The van der Waals surface area contributed by atoms with Gasteiger partial charge in [-0.3, -0.25) is 14.1 Å². The van der Waals surface area contributed by atoms with Crippen molar-refractivity contribution < 1.29 is 56.6 Å². The van der Waals surface area contributed by atoms with Crippen LogP contribution in [-0.2, 0) is 46.7 Å². The molecular weight excluding hydrogens is 609 g/mol. The van der Waals surface area contributed by atoms with Gasteiger partial charge in [-0.15, -0.1) is 0 Å². The highest BCUT2D eigenvalue weighted by Crippen LogP contribution is 2.51. The van der Waals surface area contributed by atoms with Gasteiger partial charge >= 0.3 is 31.8 Å². The Labute approximate surface area is 262 Å². The average Bonchev–Trinajstić information content (AvgIpc) is 3.27. The number of carboxylic acids is 1. The van der Waals surface area contributed by atoms with E-state index in [1.54, 1.807) is 41.5 Å². The van der Waals surface area contributed by atoms with Crippen LogP contribution in [-0.4, -0.2) is 61.4 Å². The summed E-state index contributed by atoms with van der Waals surface area (Å²) in [5.41, 5.74) is 2.15. The molecule has 1 aliphatic carbocycles. The van der Waals surface area contributed by atoms with Gasteiger partial charge in [-0.1, -0.05) is 48.5 Å². The van der Waals surface area contributed by atoms with Crippen molar-refractivity contribution in [2.75, 3.05) is 20.2 Å². The summed E-state index contributed by atoms with van der Waals surface area (Å²) in [5, 5.41) is 12.1. The first-order valence-corrected chi connectivity index (χ1v) is 15.7. The fourth-order valence-electron chi connectivity index (χ4n) is 4.23. The van der Waals surface area contributed by atoms with Gasteiger partial charge in [0, 0.05) is 5.92 Å². The number of carbonyl (C=O) groups is 4. The van der Waals surface area contributed by atoms with Gasteiger partial charge < -0.3 is 24.6 Å².